The molecule has 2 aromatic rings. The molecule has 5 heteroatoms. The van der Waals surface area contributed by atoms with Gasteiger partial charge in [-0.2, -0.15) is 5.10 Å². The van der Waals surface area contributed by atoms with E-state index < -0.39 is 0 Å². The largest absolute Gasteiger partial charge is 0.268 e. The Bertz CT molecular complexity index is 547. The van der Waals surface area contributed by atoms with Gasteiger partial charge >= 0.3 is 0 Å². The van der Waals surface area contributed by atoms with Crippen molar-refractivity contribution in [2.45, 2.75) is 19.9 Å². The highest BCUT2D eigenvalue weighted by atomic mass is 127. The van der Waals surface area contributed by atoms with E-state index in [1.807, 2.05) is 0 Å². The number of hydrogen-bond donors (Lipinski definition) is 0. The molecule has 0 aliphatic carbocycles. The van der Waals surface area contributed by atoms with Gasteiger partial charge in [-0.3, -0.25) is 4.79 Å². The van der Waals surface area contributed by atoms with Crippen LogP contribution in [0.4, 0.5) is 0 Å². The Morgan fingerprint density at radius 1 is 1.44 bits per heavy atom. The van der Waals surface area contributed by atoms with Gasteiger partial charge in [0.2, 0.25) is 0 Å². The third kappa shape index (κ3) is 2.70. The summed E-state index contributed by atoms with van der Waals surface area (Å²) in [4.78, 5) is 14.1. The quantitative estimate of drug-likeness (QED) is 0.801. The van der Waals surface area contributed by atoms with Gasteiger partial charge in [0.1, 0.15) is 0 Å². The van der Waals surface area contributed by atoms with Crippen LogP contribution in [0.1, 0.15) is 16.7 Å². The summed E-state index contributed by atoms with van der Waals surface area (Å²) in [5.41, 5.74) is -0.0432. The molecule has 84 valence electrons. The number of thiophene rings is 1. The summed E-state index contributed by atoms with van der Waals surface area (Å²) in [5, 5.41) is 4.11. The molecule has 0 atom stereocenters. The van der Waals surface area contributed by atoms with E-state index >= 15 is 0 Å². The van der Waals surface area contributed by atoms with Crippen molar-refractivity contribution in [3.05, 3.63) is 48.1 Å². The van der Waals surface area contributed by atoms with Crippen molar-refractivity contribution in [1.29, 1.82) is 0 Å². The second-order valence-corrected chi connectivity index (χ2v) is 5.89. The van der Waals surface area contributed by atoms with Crippen LogP contribution in [0.3, 0.4) is 0 Å². The SMILES string of the molecule is CCc1ccc(Cn2ncc(I)cc2=O)s1. The first-order valence-electron chi connectivity index (χ1n) is 4.99. The van der Waals surface area contributed by atoms with E-state index in [9.17, 15) is 4.79 Å². The van der Waals surface area contributed by atoms with Crippen LogP contribution in [0.25, 0.3) is 0 Å². The minimum absolute atomic E-state index is 0.0432. The minimum atomic E-state index is -0.0432. The van der Waals surface area contributed by atoms with Gasteiger partial charge < -0.3 is 0 Å². The van der Waals surface area contributed by atoms with Crippen molar-refractivity contribution in [3.63, 3.8) is 0 Å². The molecule has 0 bridgehead atoms. The van der Waals surface area contributed by atoms with Crippen LogP contribution in [0.2, 0.25) is 0 Å². The van der Waals surface area contributed by atoms with E-state index in [0.717, 1.165) is 9.99 Å². The van der Waals surface area contributed by atoms with E-state index in [4.69, 9.17) is 0 Å². The highest BCUT2D eigenvalue weighted by Gasteiger charge is 2.02. The fraction of sp³-hybridized carbons (Fsp3) is 0.273. The monoisotopic (exact) mass is 346 g/mol. The number of rotatable bonds is 3. The molecule has 0 unspecified atom stereocenters. The summed E-state index contributed by atoms with van der Waals surface area (Å²) in [6, 6.07) is 5.77. The van der Waals surface area contributed by atoms with Crippen molar-refractivity contribution >= 4 is 33.9 Å². The van der Waals surface area contributed by atoms with Crippen molar-refractivity contribution in [2.75, 3.05) is 0 Å². The Kier molecular flexibility index (Phi) is 3.75. The maximum atomic E-state index is 11.6. The predicted molar refractivity (Wildman–Crippen MR) is 74.0 cm³/mol. The second kappa shape index (κ2) is 5.09. The smallest absolute Gasteiger partial charge is 0.268 e. The average molecular weight is 346 g/mol. The van der Waals surface area contributed by atoms with Crippen molar-refractivity contribution in [2.24, 2.45) is 0 Å². The van der Waals surface area contributed by atoms with E-state index in [1.54, 1.807) is 23.6 Å². The number of aromatic nitrogens is 2. The molecule has 0 aromatic carbocycles. The molecule has 0 saturated heterocycles. The zero-order chi connectivity index (χ0) is 11.5. The standard InChI is InChI=1S/C11H11IN2OS/c1-2-9-3-4-10(16-9)7-14-11(15)5-8(12)6-13-14/h3-6H,2,7H2,1H3. The lowest BCUT2D eigenvalue weighted by Crippen LogP contribution is -2.22. The van der Waals surface area contributed by atoms with Crippen LogP contribution in [0, 0.1) is 3.57 Å². The third-order valence-electron chi connectivity index (χ3n) is 2.21. The molecule has 16 heavy (non-hydrogen) atoms. The van der Waals surface area contributed by atoms with Gasteiger partial charge in [-0.1, -0.05) is 6.92 Å². The number of nitrogens with zero attached hydrogens (tertiary/aromatic N) is 2. The van der Waals surface area contributed by atoms with Crippen LogP contribution in [0.15, 0.2) is 29.2 Å². The topological polar surface area (TPSA) is 34.9 Å². The van der Waals surface area contributed by atoms with Crippen molar-refractivity contribution < 1.29 is 0 Å². The van der Waals surface area contributed by atoms with Gasteiger partial charge in [0.25, 0.3) is 5.56 Å². The van der Waals surface area contributed by atoms with Crippen LogP contribution in [0.5, 0.6) is 0 Å². The summed E-state index contributed by atoms with van der Waals surface area (Å²) in [7, 11) is 0. The predicted octanol–water partition coefficient (Wildman–Crippen LogP) is 2.52. The molecule has 0 radical (unpaired) electrons. The summed E-state index contributed by atoms with van der Waals surface area (Å²) in [6.45, 7) is 2.70. The molecule has 0 amide bonds. The third-order valence-corrected chi connectivity index (χ3v) is 4.01. The fourth-order valence-electron chi connectivity index (χ4n) is 1.38. The first kappa shape index (κ1) is 11.8. The normalized spacial score (nSPS) is 10.6. The molecule has 0 spiro atoms. The van der Waals surface area contributed by atoms with Crippen LogP contribution in [-0.2, 0) is 13.0 Å². The Morgan fingerprint density at radius 2 is 2.19 bits per heavy atom. The molecule has 0 N–H and O–H groups in total. The molecule has 2 aromatic heterocycles. The van der Waals surface area contributed by atoms with E-state index in [0.29, 0.717) is 6.54 Å². The van der Waals surface area contributed by atoms with Crippen LogP contribution in [-0.4, -0.2) is 9.78 Å². The number of hydrogen-bond acceptors (Lipinski definition) is 3. The lowest BCUT2D eigenvalue weighted by Gasteiger charge is -2.01. The van der Waals surface area contributed by atoms with Gasteiger partial charge in [-0.25, -0.2) is 4.68 Å². The Balaban J connectivity index is 2.23. The van der Waals surface area contributed by atoms with Crippen molar-refractivity contribution in [1.82, 2.24) is 9.78 Å². The molecule has 2 rings (SSSR count). The Labute approximate surface area is 111 Å². The summed E-state index contributed by atoms with van der Waals surface area (Å²) >= 11 is 3.83. The van der Waals surface area contributed by atoms with E-state index in [2.05, 4.69) is 46.7 Å². The highest BCUT2D eigenvalue weighted by Crippen LogP contribution is 2.17. The first-order chi connectivity index (χ1) is 7.69. The van der Waals surface area contributed by atoms with E-state index in [-0.39, 0.29) is 5.56 Å². The van der Waals surface area contributed by atoms with Crippen LogP contribution < -0.4 is 5.56 Å². The van der Waals surface area contributed by atoms with Gasteiger partial charge in [-0.05, 0) is 41.1 Å². The average Bonchev–Trinajstić information content (AvgIpc) is 2.70. The summed E-state index contributed by atoms with van der Waals surface area (Å²) in [5.74, 6) is 0. The molecule has 0 aliphatic rings. The zero-order valence-corrected chi connectivity index (χ0v) is 11.8. The van der Waals surface area contributed by atoms with Gasteiger partial charge in [-0.15, -0.1) is 11.3 Å². The molecule has 3 nitrogen and oxygen atoms in total. The number of aryl methyl sites for hydroxylation is 1. The van der Waals surface area contributed by atoms with Gasteiger partial charge in [0.05, 0.1) is 12.7 Å². The lowest BCUT2D eigenvalue weighted by molar-refractivity contribution is 0.643. The van der Waals surface area contributed by atoms with Crippen molar-refractivity contribution in [3.8, 4) is 0 Å². The molecule has 0 aliphatic heterocycles. The van der Waals surface area contributed by atoms with Gasteiger partial charge in [0, 0.05) is 19.4 Å². The minimum Gasteiger partial charge on any atom is -0.268 e. The highest BCUT2D eigenvalue weighted by molar-refractivity contribution is 14.1. The molecular weight excluding hydrogens is 335 g/mol. The summed E-state index contributed by atoms with van der Waals surface area (Å²) < 4.78 is 2.37. The van der Waals surface area contributed by atoms with Gasteiger partial charge in [0.15, 0.2) is 0 Å². The van der Waals surface area contributed by atoms with E-state index in [1.165, 1.54) is 14.4 Å². The Morgan fingerprint density at radius 3 is 2.81 bits per heavy atom. The maximum Gasteiger partial charge on any atom is 0.268 e. The molecule has 0 saturated carbocycles. The molecule has 2 heterocycles. The zero-order valence-electron chi connectivity index (χ0n) is 8.81. The summed E-state index contributed by atoms with van der Waals surface area (Å²) in [6.07, 6.45) is 2.75. The lowest BCUT2D eigenvalue weighted by atomic mass is 10.3. The Hall–Kier alpha value is -0.690. The molecular formula is C11H11IN2OS. The van der Waals surface area contributed by atoms with Crippen LogP contribution >= 0.6 is 33.9 Å². The number of halogens is 1. The fourth-order valence-corrected chi connectivity index (χ4v) is 2.71. The first-order valence-corrected chi connectivity index (χ1v) is 6.89. The second-order valence-electron chi connectivity index (χ2n) is 3.39. The maximum absolute atomic E-state index is 11.6. The molecule has 0 fully saturated rings.